The third-order valence-electron chi connectivity index (χ3n) is 6.22. The van der Waals surface area contributed by atoms with Gasteiger partial charge in [-0.1, -0.05) is 35.9 Å². The maximum Gasteiger partial charge on any atom is 0.258 e. The molecule has 4 aromatic rings. The van der Waals surface area contributed by atoms with Crippen molar-refractivity contribution in [1.82, 2.24) is 9.88 Å². The number of carbonyl (C=O) groups is 2. The molecule has 3 aromatic carbocycles. The van der Waals surface area contributed by atoms with Crippen molar-refractivity contribution in [2.45, 2.75) is 0 Å². The first-order chi connectivity index (χ1) is 17.8. The van der Waals surface area contributed by atoms with Crippen molar-refractivity contribution in [2.24, 2.45) is 0 Å². The van der Waals surface area contributed by atoms with Crippen molar-refractivity contribution >= 4 is 62.7 Å². The van der Waals surface area contributed by atoms with Gasteiger partial charge in [-0.25, -0.2) is 0 Å². The van der Waals surface area contributed by atoms with Gasteiger partial charge in [0.25, 0.3) is 5.91 Å². The summed E-state index contributed by atoms with van der Waals surface area (Å²) in [5.41, 5.74) is 5.80. The van der Waals surface area contributed by atoms with Gasteiger partial charge >= 0.3 is 0 Å². The molecule has 0 unspecified atom stereocenters. The molecule has 0 spiro atoms. The van der Waals surface area contributed by atoms with Crippen LogP contribution in [0.4, 0.5) is 17.1 Å². The minimum atomic E-state index is -0.216. The van der Waals surface area contributed by atoms with Gasteiger partial charge in [0.1, 0.15) is 0 Å². The van der Waals surface area contributed by atoms with E-state index in [1.54, 1.807) is 30.3 Å². The lowest BCUT2D eigenvalue weighted by atomic mass is 9.99. The minimum absolute atomic E-state index is 0.00456. The molecule has 1 aliphatic heterocycles. The number of fused-ring (bicyclic) bond motifs is 2. The lowest BCUT2D eigenvalue weighted by Gasteiger charge is -2.20. The summed E-state index contributed by atoms with van der Waals surface area (Å²) in [6.45, 7) is 0.321. The van der Waals surface area contributed by atoms with Crippen LogP contribution in [0.1, 0.15) is 11.1 Å². The molecule has 7 nitrogen and oxygen atoms in total. The Hall–Kier alpha value is -4.20. The first-order valence-electron chi connectivity index (χ1n) is 11.8. The molecule has 1 aliphatic rings. The molecule has 0 aliphatic carbocycles. The number of likely N-dealkylation sites (N-methyl/N-ethyl adjacent to an activating group) is 2. The fraction of sp³-hybridized carbons (Fsp3) is 0.138. The average Bonchev–Trinajstić information content (AvgIpc) is 3.21. The topological polar surface area (TPSA) is 77.6 Å². The zero-order valence-electron chi connectivity index (χ0n) is 20.7. The van der Waals surface area contributed by atoms with Crippen LogP contribution in [-0.2, 0) is 9.59 Å². The van der Waals surface area contributed by atoms with Gasteiger partial charge < -0.3 is 20.4 Å². The maximum atomic E-state index is 13.2. The van der Waals surface area contributed by atoms with E-state index in [1.807, 2.05) is 79.7 Å². The van der Waals surface area contributed by atoms with Crippen LogP contribution < -0.4 is 15.5 Å². The summed E-state index contributed by atoms with van der Waals surface area (Å²) < 4.78 is 0. The van der Waals surface area contributed by atoms with E-state index in [9.17, 15) is 9.59 Å². The summed E-state index contributed by atoms with van der Waals surface area (Å²) in [7, 11) is 5.48. The second-order valence-corrected chi connectivity index (χ2v) is 9.60. The number of hydrogen-bond acceptors (Lipinski definition) is 5. The molecule has 2 N–H and O–H groups in total. The molecule has 0 fully saturated rings. The highest BCUT2D eigenvalue weighted by Crippen LogP contribution is 2.39. The van der Waals surface area contributed by atoms with Crippen molar-refractivity contribution in [3.63, 3.8) is 0 Å². The molecule has 5 rings (SSSR count). The van der Waals surface area contributed by atoms with E-state index < -0.39 is 0 Å². The predicted molar refractivity (Wildman–Crippen MR) is 151 cm³/mol. The fourth-order valence-electron chi connectivity index (χ4n) is 4.33. The van der Waals surface area contributed by atoms with Crippen molar-refractivity contribution in [2.75, 3.05) is 43.2 Å². The van der Waals surface area contributed by atoms with E-state index in [1.165, 1.54) is 0 Å². The highest BCUT2D eigenvalue weighted by molar-refractivity contribution is 6.38. The first-order valence-corrected chi connectivity index (χ1v) is 12.2. The molecule has 0 atom stereocenters. The number of hydrogen-bond donors (Lipinski definition) is 2. The molecule has 37 heavy (non-hydrogen) atoms. The van der Waals surface area contributed by atoms with Gasteiger partial charge in [-0.3, -0.25) is 14.6 Å². The number of benzene rings is 3. The molecular weight excluding hydrogens is 486 g/mol. The Bertz CT molecular complexity index is 1550. The van der Waals surface area contributed by atoms with Gasteiger partial charge in [0.05, 0.1) is 29.0 Å². The van der Waals surface area contributed by atoms with Crippen LogP contribution in [0.3, 0.4) is 0 Å². The highest BCUT2D eigenvalue weighted by Gasteiger charge is 2.29. The summed E-state index contributed by atoms with van der Waals surface area (Å²) in [6.07, 6.45) is 1.75. The maximum absolute atomic E-state index is 13.2. The van der Waals surface area contributed by atoms with E-state index in [-0.39, 0.29) is 11.8 Å². The summed E-state index contributed by atoms with van der Waals surface area (Å²) in [6, 6.07) is 22.7. The van der Waals surface area contributed by atoms with Gasteiger partial charge in [-0.15, -0.1) is 0 Å². The first kappa shape index (κ1) is 24.5. The van der Waals surface area contributed by atoms with Gasteiger partial charge in [0, 0.05) is 46.2 Å². The number of nitrogens with zero attached hydrogens (tertiary/aromatic N) is 3. The second kappa shape index (κ2) is 10.0. The number of nitrogens with one attached hydrogen (secondary N) is 2. The molecule has 0 saturated heterocycles. The van der Waals surface area contributed by atoms with Crippen LogP contribution in [0.15, 0.2) is 79.0 Å². The quantitative estimate of drug-likeness (QED) is 0.341. The van der Waals surface area contributed by atoms with E-state index in [0.29, 0.717) is 28.5 Å². The molecule has 8 heteroatoms. The normalized spacial score (nSPS) is 13.9. The Labute approximate surface area is 220 Å². The lowest BCUT2D eigenvalue weighted by Crippen LogP contribution is -2.34. The predicted octanol–water partition coefficient (Wildman–Crippen LogP) is 5.35. The molecule has 0 saturated carbocycles. The van der Waals surface area contributed by atoms with Crippen LogP contribution >= 0.6 is 11.6 Å². The second-order valence-electron chi connectivity index (χ2n) is 9.17. The molecule has 186 valence electrons. The van der Waals surface area contributed by atoms with Crippen molar-refractivity contribution < 1.29 is 9.59 Å². The van der Waals surface area contributed by atoms with Crippen molar-refractivity contribution in [1.29, 1.82) is 0 Å². The molecule has 2 heterocycles. The zero-order valence-corrected chi connectivity index (χ0v) is 21.5. The van der Waals surface area contributed by atoms with Gasteiger partial charge in [0.15, 0.2) is 0 Å². The summed E-state index contributed by atoms with van der Waals surface area (Å²) in [5, 5.41) is 7.95. The molecule has 2 amide bonds. The highest BCUT2D eigenvalue weighted by atomic mass is 35.5. The van der Waals surface area contributed by atoms with Crippen LogP contribution in [0.5, 0.6) is 0 Å². The molecular formula is C29H26ClN5O2. The Morgan fingerprint density at radius 2 is 1.78 bits per heavy atom. The van der Waals surface area contributed by atoms with E-state index in [4.69, 9.17) is 11.6 Å². The Kier molecular flexibility index (Phi) is 6.65. The number of carbonyl (C=O) groups excluding carboxylic acids is 2. The summed E-state index contributed by atoms with van der Waals surface area (Å²) >= 11 is 6.18. The largest absolute Gasteiger partial charge is 0.354 e. The van der Waals surface area contributed by atoms with E-state index in [0.717, 1.165) is 33.4 Å². The van der Waals surface area contributed by atoms with Crippen LogP contribution in [0.2, 0.25) is 5.02 Å². The minimum Gasteiger partial charge on any atom is -0.354 e. The number of amides is 2. The van der Waals surface area contributed by atoms with Crippen LogP contribution in [-0.4, -0.2) is 49.4 Å². The summed E-state index contributed by atoms with van der Waals surface area (Å²) in [5.74, 6) is -0.221. The van der Waals surface area contributed by atoms with Crippen molar-refractivity contribution in [3.05, 3.63) is 95.1 Å². The lowest BCUT2D eigenvalue weighted by molar-refractivity contribution is -0.119. The fourth-order valence-corrected chi connectivity index (χ4v) is 4.50. The molecule has 1 aromatic heterocycles. The molecule has 0 bridgehead atoms. The van der Waals surface area contributed by atoms with Gasteiger partial charge in [-0.2, -0.15) is 0 Å². The third kappa shape index (κ3) is 5.05. The Morgan fingerprint density at radius 1 is 1.00 bits per heavy atom. The number of halogens is 1. The average molecular weight is 512 g/mol. The number of aromatic nitrogens is 1. The Morgan fingerprint density at radius 3 is 2.54 bits per heavy atom. The third-order valence-corrected chi connectivity index (χ3v) is 6.46. The number of pyridine rings is 1. The number of rotatable bonds is 6. The molecule has 0 radical (unpaired) electrons. The SMILES string of the molecule is CN(C)CC(=O)N(C)c1ccc(NC(=C2C(=O)Nc3cc(Cl)ccc32)c2ccc3cccnc3c2)cc1. The standard InChI is InChI=1S/C29H26ClN5O2/c1-34(2)17-26(36)35(3)22-11-9-21(10-12-22)32-28(19-7-6-18-5-4-14-31-24(18)15-19)27-23-13-8-20(30)16-25(23)33-29(27)37/h4-16,32H,17H2,1-3H3,(H,33,37). The summed E-state index contributed by atoms with van der Waals surface area (Å²) in [4.78, 5) is 33.6. The Balaban J connectivity index is 1.56. The monoisotopic (exact) mass is 511 g/mol. The van der Waals surface area contributed by atoms with E-state index in [2.05, 4.69) is 15.6 Å². The number of anilines is 3. The van der Waals surface area contributed by atoms with Gasteiger partial charge in [0.2, 0.25) is 5.91 Å². The van der Waals surface area contributed by atoms with E-state index >= 15 is 0 Å². The smallest absolute Gasteiger partial charge is 0.258 e. The van der Waals surface area contributed by atoms with Crippen LogP contribution in [0, 0.1) is 0 Å². The van der Waals surface area contributed by atoms with Gasteiger partial charge in [-0.05, 0) is 62.6 Å². The van der Waals surface area contributed by atoms with Crippen LogP contribution in [0.25, 0.3) is 22.2 Å². The van der Waals surface area contributed by atoms with Crippen molar-refractivity contribution in [3.8, 4) is 0 Å². The zero-order chi connectivity index (χ0) is 26.1.